The van der Waals surface area contributed by atoms with Crippen molar-refractivity contribution >= 4 is 0 Å². The minimum atomic E-state index is -0.335. The van der Waals surface area contributed by atoms with Crippen molar-refractivity contribution < 1.29 is 4.39 Å². The molecule has 1 aliphatic heterocycles. The Morgan fingerprint density at radius 1 is 1.19 bits per heavy atom. The lowest BCUT2D eigenvalue weighted by Gasteiger charge is -2.32. The van der Waals surface area contributed by atoms with Crippen LogP contribution in [0.2, 0.25) is 0 Å². The molecule has 0 N–H and O–H groups in total. The maximum Gasteiger partial charge on any atom is 0.127 e. The first-order valence-corrected chi connectivity index (χ1v) is 6.85. The molecule has 0 fully saturated rings. The molecule has 2 aromatic rings. The van der Waals surface area contributed by atoms with Gasteiger partial charge < -0.3 is 0 Å². The average molecular weight is 282 g/mol. The van der Waals surface area contributed by atoms with E-state index in [1.807, 2.05) is 36.4 Å². The van der Waals surface area contributed by atoms with Crippen LogP contribution >= 0.6 is 0 Å². The lowest BCUT2D eigenvalue weighted by molar-refractivity contribution is 0.218. The molecule has 0 saturated carbocycles. The number of fused-ring (bicyclic) bond motifs is 1. The second-order valence-corrected chi connectivity index (χ2v) is 5.18. The van der Waals surface area contributed by atoms with Crippen molar-refractivity contribution in [1.82, 2.24) is 4.90 Å². The van der Waals surface area contributed by atoms with Crippen LogP contribution < -0.4 is 0 Å². The monoisotopic (exact) mass is 282 g/mol. The van der Waals surface area contributed by atoms with Crippen molar-refractivity contribution in [2.24, 2.45) is 5.11 Å². The van der Waals surface area contributed by atoms with Crippen LogP contribution in [-0.4, -0.2) is 11.4 Å². The predicted molar refractivity (Wildman–Crippen MR) is 78.8 cm³/mol. The maximum absolute atomic E-state index is 14.0. The highest BCUT2D eigenvalue weighted by atomic mass is 19.1. The molecule has 0 aromatic heterocycles. The zero-order chi connectivity index (χ0) is 14.7. The smallest absolute Gasteiger partial charge is 0.127 e. The normalized spacial score (nSPS) is 17.9. The Bertz CT molecular complexity index is 680. The maximum atomic E-state index is 14.0. The summed E-state index contributed by atoms with van der Waals surface area (Å²) in [4.78, 5) is 5.02. The number of rotatable bonds is 3. The summed E-state index contributed by atoms with van der Waals surface area (Å²) in [6.07, 6.45) is 0. The SMILES string of the molecule is [N-]=[N+]=NC1CN(Cc2ccccc2)Cc2c(F)cccc21. The number of azide groups is 1. The van der Waals surface area contributed by atoms with E-state index in [4.69, 9.17) is 5.53 Å². The molecule has 1 unspecified atom stereocenters. The van der Waals surface area contributed by atoms with Gasteiger partial charge in [-0.05, 0) is 22.7 Å². The molecular weight excluding hydrogens is 267 g/mol. The Labute approximate surface area is 122 Å². The standard InChI is InChI=1S/C16H15FN4/c17-15-8-4-7-13-14(15)10-21(11-16(13)19-20-18)9-12-5-2-1-3-6-12/h1-8,16H,9-11H2. The summed E-state index contributed by atoms with van der Waals surface area (Å²) < 4.78 is 14.0. The van der Waals surface area contributed by atoms with Gasteiger partial charge >= 0.3 is 0 Å². The topological polar surface area (TPSA) is 52.0 Å². The molecule has 0 saturated heterocycles. The summed E-state index contributed by atoms with van der Waals surface area (Å²) in [5.74, 6) is -0.233. The third kappa shape index (κ3) is 2.89. The van der Waals surface area contributed by atoms with Crippen LogP contribution in [0.4, 0.5) is 4.39 Å². The Morgan fingerprint density at radius 3 is 2.76 bits per heavy atom. The first kappa shape index (κ1) is 13.6. The van der Waals surface area contributed by atoms with Crippen molar-refractivity contribution in [3.05, 3.63) is 81.5 Å². The number of nitrogens with zero attached hydrogens (tertiary/aromatic N) is 4. The molecule has 1 atom stereocenters. The molecule has 4 nitrogen and oxygen atoms in total. The van der Waals surface area contributed by atoms with Crippen LogP contribution in [0.5, 0.6) is 0 Å². The van der Waals surface area contributed by atoms with Crippen LogP contribution in [-0.2, 0) is 13.1 Å². The zero-order valence-electron chi connectivity index (χ0n) is 11.5. The number of hydrogen-bond acceptors (Lipinski definition) is 2. The van der Waals surface area contributed by atoms with E-state index in [0.29, 0.717) is 25.2 Å². The quantitative estimate of drug-likeness (QED) is 0.473. The highest BCUT2D eigenvalue weighted by Gasteiger charge is 2.26. The van der Waals surface area contributed by atoms with Crippen LogP contribution in [0.3, 0.4) is 0 Å². The van der Waals surface area contributed by atoms with Crippen molar-refractivity contribution in [3.8, 4) is 0 Å². The first-order chi connectivity index (χ1) is 10.3. The molecule has 21 heavy (non-hydrogen) atoms. The van der Waals surface area contributed by atoms with Gasteiger partial charge in [0, 0.05) is 30.1 Å². The van der Waals surface area contributed by atoms with Crippen molar-refractivity contribution in [2.45, 2.75) is 19.1 Å². The first-order valence-electron chi connectivity index (χ1n) is 6.85. The van der Waals surface area contributed by atoms with Gasteiger partial charge in [0.2, 0.25) is 0 Å². The fourth-order valence-electron chi connectivity index (χ4n) is 2.81. The molecule has 0 bridgehead atoms. The fraction of sp³-hybridized carbons (Fsp3) is 0.250. The minimum absolute atomic E-state index is 0.233. The van der Waals surface area contributed by atoms with Gasteiger partial charge in [0.25, 0.3) is 0 Å². The highest BCUT2D eigenvalue weighted by molar-refractivity contribution is 5.34. The van der Waals surface area contributed by atoms with Crippen molar-refractivity contribution in [1.29, 1.82) is 0 Å². The molecule has 0 amide bonds. The molecule has 106 valence electrons. The van der Waals surface area contributed by atoms with E-state index >= 15 is 0 Å². The Balaban J connectivity index is 1.90. The molecule has 3 rings (SSSR count). The molecular formula is C16H15FN4. The van der Waals surface area contributed by atoms with E-state index < -0.39 is 0 Å². The van der Waals surface area contributed by atoms with Gasteiger partial charge in [-0.25, -0.2) is 4.39 Å². The van der Waals surface area contributed by atoms with E-state index in [9.17, 15) is 4.39 Å². The number of halogens is 1. The second kappa shape index (κ2) is 5.95. The third-order valence-electron chi connectivity index (χ3n) is 3.77. The lowest BCUT2D eigenvalue weighted by atomic mass is 9.95. The van der Waals surface area contributed by atoms with Gasteiger partial charge in [-0.1, -0.05) is 47.6 Å². The van der Waals surface area contributed by atoms with Gasteiger partial charge in [-0.2, -0.15) is 0 Å². The number of benzene rings is 2. The Hall–Kier alpha value is -2.36. The molecule has 0 spiro atoms. The molecule has 2 aromatic carbocycles. The van der Waals surface area contributed by atoms with Crippen LogP contribution in [0.1, 0.15) is 22.7 Å². The Kier molecular flexibility index (Phi) is 3.86. The van der Waals surface area contributed by atoms with Crippen molar-refractivity contribution in [3.63, 3.8) is 0 Å². The fourth-order valence-corrected chi connectivity index (χ4v) is 2.81. The summed E-state index contributed by atoms with van der Waals surface area (Å²) in [6, 6.07) is 14.7. The largest absolute Gasteiger partial charge is 0.294 e. The molecule has 0 aliphatic carbocycles. The van der Waals surface area contributed by atoms with E-state index in [1.54, 1.807) is 6.07 Å². The van der Waals surface area contributed by atoms with E-state index in [0.717, 1.165) is 11.1 Å². The Morgan fingerprint density at radius 2 is 2.00 bits per heavy atom. The molecule has 1 aliphatic rings. The summed E-state index contributed by atoms with van der Waals surface area (Å²) in [7, 11) is 0. The number of hydrogen-bond donors (Lipinski definition) is 0. The summed E-state index contributed by atoms with van der Waals surface area (Å²) in [6.45, 7) is 1.86. The van der Waals surface area contributed by atoms with E-state index in [-0.39, 0.29) is 11.9 Å². The van der Waals surface area contributed by atoms with Gasteiger partial charge in [0.15, 0.2) is 0 Å². The average Bonchev–Trinajstić information content (AvgIpc) is 2.50. The van der Waals surface area contributed by atoms with E-state index in [1.165, 1.54) is 6.07 Å². The third-order valence-corrected chi connectivity index (χ3v) is 3.77. The lowest BCUT2D eigenvalue weighted by Crippen LogP contribution is -2.33. The summed E-state index contributed by atoms with van der Waals surface area (Å²) in [5, 5.41) is 3.83. The van der Waals surface area contributed by atoms with Gasteiger partial charge in [0.05, 0.1) is 6.04 Å². The summed E-state index contributed by atoms with van der Waals surface area (Å²) in [5.41, 5.74) is 11.3. The molecule has 1 heterocycles. The van der Waals surface area contributed by atoms with Gasteiger partial charge in [0.1, 0.15) is 5.82 Å². The second-order valence-electron chi connectivity index (χ2n) is 5.18. The molecule has 5 heteroatoms. The van der Waals surface area contributed by atoms with Gasteiger partial charge in [-0.15, -0.1) is 0 Å². The van der Waals surface area contributed by atoms with Crippen LogP contribution in [0.15, 0.2) is 53.6 Å². The van der Waals surface area contributed by atoms with E-state index in [2.05, 4.69) is 14.9 Å². The molecule has 0 radical (unpaired) electrons. The van der Waals surface area contributed by atoms with Crippen molar-refractivity contribution in [2.75, 3.05) is 6.54 Å². The van der Waals surface area contributed by atoms with Gasteiger partial charge in [-0.3, -0.25) is 4.90 Å². The highest BCUT2D eigenvalue weighted by Crippen LogP contribution is 2.31. The van der Waals surface area contributed by atoms with Crippen LogP contribution in [0.25, 0.3) is 10.4 Å². The predicted octanol–water partition coefficient (Wildman–Crippen LogP) is 4.19. The zero-order valence-corrected chi connectivity index (χ0v) is 11.5. The van der Waals surface area contributed by atoms with Crippen LogP contribution in [0, 0.1) is 5.82 Å². The minimum Gasteiger partial charge on any atom is -0.294 e. The summed E-state index contributed by atoms with van der Waals surface area (Å²) >= 11 is 0.